The van der Waals surface area contributed by atoms with Crippen LogP contribution in [0.15, 0.2) is 107 Å². The number of hydrogen-bond acceptors (Lipinski definition) is 3. The second-order valence-electron chi connectivity index (χ2n) is 11.6. The van der Waals surface area contributed by atoms with Gasteiger partial charge < -0.3 is 5.32 Å². The minimum Gasteiger partial charge on any atom is -0.342 e. The topological polar surface area (TPSA) is 46.2 Å². The Kier molecular flexibility index (Phi) is 12.9. The molecule has 0 saturated heterocycles. The van der Waals surface area contributed by atoms with Crippen molar-refractivity contribution in [3.63, 3.8) is 0 Å². The highest BCUT2D eigenvalue weighted by Crippen LogP contribution is 2.32. The summed E-state index contributed by atoms with van der Waals surface area (Å²) in [5, 5.41) is 3.03. The molecule has 0 bridgehead atoms. The summed E-state index contributed by atoms with van der Waals surface area (Å²) >= 11 is 1.62. The maximum atomic E-state index is 14.0. The number of ketones is 1. The van der Waals surface area contributed by atoms with E-state index < -0.39 is 6.04 Å². The summed E-state index contributed by atoms with van der Waals surface area (Å²) in [6.07, 6.45) is 10.1. The summed E-state index contributed by atoms with van der Waals surface area (Å²) < 4.78 is 32.6. The van der Waals surface area contributed by atoms with Gasteiger partial charge in [-0.2, -0.15) is 11.8 Å². The van der Waals surface area contributed by atoms with Crippen LogP contribution in [0.5, 0.6) is 0 Å². The standard InChI is InChI=1S/C40H38F2INO2S/c1-47-23-20-38(39(45)27-28-6-3-2-4-7-28)44-40(46)36-18-9-30(26-37(36)32-12-16-35(42)17-13-32)25-33(31-10-14-34(41)15-11-31)24-29-8-5-21-43-22-19-29/h2-4,6-7,9-19,21-22,25-26,29,38H,5,8,20,23-24,27H2,1H3,(H,44,46)/b33-25-/t29?,38-/m0/s1. The number of hydrogen-bond donors (Lipinski definition) is 1. The average Bonchev–Trinajstić information content (AvgIpc) is 3.36. The maximum absolute atomic E-state index is 14.0. The molecule has 47 heavy (non-hydrogen) atoms. The van der Waals surface area contributed by atoms with Gasteiger partial charge in [0.25, 0.3) is 5.91 Å². The van der Waals surface area contributed by atoms with Crippen molar-refractivity contribution < 1.29 is 18.4 Å². The Hall–Kier alpha value is -3.69. The van der Waals surface area contributed by atoms with Crippen LogP contribution >= 0.6 is 32.5 Å². The van der Waals surface area contributed by atoms with Crippen molar-refractivity contribution in [2.24, 2.45) is 5.92 Å². The fraction of sp³-hybridized carbons (Fsp3) is 0.225. The molecule has 4 aromatic carbocycles. The van der Waals surface area contributed by atoms with Gasteiger partial charge >= 0.3 is 0 Å². The molecule has 1 N–H and O–H groups in total. The molecule has 0 radical (unpaired) electrons. The van der Waals surface area contributed by atoms with Gasteiger partial charge in [0.15, 0.2) is 5.78 Å². The van der Waals surface area contributed by atoms with Crippen LogP contribution in [0.25, 0.3) is 22.8 Å². The van der Waals surface area contributed by atoms with E-state index in [1.807, 2.05) is 60.9 Å². The second-order valence-corrected chi connectivity index (χ2v) is 14.9. The van der Waals surface area contributed by atoms with Crippen LogP contribution in [0.2, 0.25) is 0 Å². The molecule has 2 atom stereocenters. The van der Waals surface area contributed by atoms with Crippen LogP contribution < -0.4 is 5.32 Å². The predicted octanol–water partition coefficient (Wildman–Crippen LogP) is 9.92. The number of carbonyl (C=O) groups is 2. The molecule has 0 aromatic heterocycles. The summed E-state index contributed by atoms with van der Waals surface area (Å²) in [6, 6.07) is 27.2. The highest BCUT2D eigenvalue weighted by atomic mass is 127. The Labute approximate surface area is 290 Å². The van der Waals surface area contributed by atoms with Gasteiger partial charge in [-0.3, -0.25) is 9.59 Å². The number of rotatable bonds is 13. The van der Waals surface area contributed by atoms with E-state index >= 15 is 0 Å². The summed E-state index contributed by atoms with van der Waals surface area (Å²) in [4.78, 5) is 27.3. The number of halogens is 3. The van der Waals surface area contributed by atoms with Gasteiger partial charge in [-0.25, -0.2) is 8.78 Å². The number of amides is 1. The van der Waals surface area contributed by atoms with Gasteiger partial charge in [-0.1, -0.05) is 97.6 Å². The molecule has 242 valence electrons. The fourth-order valence-electron chi connectivity index (χ4n) is 5.63. The van der Waals surface area contributed by atoms with Crippen molar-refractivity contribution in [2.75, 3.05) is 12.0 Å². The lowest BCUT2D eigenvalue weighted by molar-refractivity contribution is -0.120. The lowest BCUT2D eigenvalue weighted by Gasteiger charge is -2.19. The number of allylic oxidation sites excluding steroid dienone is 2. The van der Waals surface area contributed by atoms with Crippen molar-refractivity contribution in [1.82, 2.24) is 5.32 Å². The van der Waals surface area contributed by atoms with Crippen LogP contribution in [0.3, 0.4) is 0 Å². The zero-order valence-electron chi connectivity index (χ0n) is 26.3. The fourth-order valence-corrected chi connectivity index (χ4v) is 7.95. The molecule has 3 nitrogen and oxygen atoms in total. The molecular formula is C40H38F2INO2S. The number of nitrogens with one attached hydrogen (secondary N) is 1. The first-order valence-corrected chi connectivity index (χ1v) is 19.6. The lowest BCUT2D eigenvalue weighted by atomic mass is 9.89. The number of Topliss-reactive ketones (excluding diaryl/α,β-unsaturated/α-hetero) is 1. The Morgan fingerprint density at radius 2 is 1.68 bits per heavy atom. The average molecular weight is 762 g/mol. The molecule has 5 rings (SSSR count). The molecule has 0 fully saturated rings. The van der Waals surface area contributed by atoms with E-state index in [2.05, 4.69) is 25.6 Å². The summed E-state index contributed by atoms with van der Waals surface area (Å²) in [6.45, 7) is 0. The molecule has 1 aliphatic rings. The molecular weight excluding hydrogens is 723 g/mol. The molecule has 1 aliphatic heterocycles. The van der Waals surface area contributed by atoms with E-state index in [1.54, 1.807) is 30.0 Å². The molecule has 0 saturated carbocycles. The van der Waals surface area contributed by atoms with Gasteiger partial charge in [-0.05, 0) is 117 Å². The van der Waals surface area contributed by atoms with Gasteiger partial charge in [-0.15, -0.1) is 0 Å². The third-order valence-electron chi connectivity index (χ3n) is 8.16. The van der Waals surface area contributed by atoms with Gasteiger partial charge in [0.1, 0.15) is 11.6 Å². The summed E-state index contributed by atoms with van der Waals surface area (Å²) in [5.74, 6) is 0.0512. The van der Waals surface area contributed by atoms with Crippen molar-refractivity contribution in [1.29, 1.82) is 0 Å². The molecule has 0 spiro atoms. The van der Waals surface area contributed by atoms with Crippen LogP contribution in [-0.2, 0) is 11.2 Å². The monoisotopic (exact) mass is 761 g/mol. The van der Waals surface area contributed by atoms with E-state index in [4.69, 9.17) is 0 Å². The molecule has 0 aliphatic carbocycles. The third kappa shape index (κ3) is 10.1. The van der Waals surface area contributed by atoms with Crippen molar-refractivity contribution >= 4 is 59.8 Å². The molecule has 1 unspecified atom stereocenters. The Bertz CT molecular complexity index is 1750. The number of benzene rings is 4. The van der Waals surface area contributed by atoms with E-state index in [-0.39, 0.29) is 50.5 Å². The number of carbonyl (C=O) groups excluding carboxylic acids is 2. The minimum absolute atomic E-state index is 0.00785. The Balaban J connectivity index is 1.49. The van der Waals surface area contributed by atoms with Crippen LogP contribution in [0.4, 0.5) is 8.78 Å². The first-order chi connectivity index (χ1) is 22.9. The summed E-state index contributed by atoms with van der Waals surface area (Å²) in [5.41, 5.74) is 5.54. The number of thioether (sulfide) groups is 1. The zero-order valence-corrected chi connectivity index (χ0v) is 29.3. The van der Waals surface area contributed by atoms with Crippen molar-refractivity contribution in [3.8, 4) is 11.1 Å². The minimum atomic E-state index is -0.645. The Morgan fingerprint density at radius 1 is 0.957 bits per heavy atom. The lowest BCUT2D eigenvalue weighted by Crippen LogP contribution is -2.42. The van der Waals surface area contributed by atoms with E-state index in [1.165, 1.54) is 24.3 Å². The van der Waals surface area contributed by atoms with E-state index in [0.29, 0.717) is 29.0 Å². The summed E-state index contributed by atoms with van der Waals surface area (Å²) in [7, 11) is 0. The van der Waals surface area contributed by atoms with Crippen molar-refractivity contribution in [3.05, 3.63) is 141 Å². The largest absolute Gasteiger partial charge is 0.342 e. The maximum Gasteiger partial charge on any atom is 0.252 e. The Morgan fingerprint density at radius 3 is 2.40 bits per heavy atom. The molecule has 1 amide bonds. The zero-order chi connectivity index (χ0) is 33.0. The van der Waals surface area contributed by atoms with Crippen LogP contribution in [0.1, 0.15) is 52.7 Å². The predicted molar refractivity (Wildman–Crippen MR) is 202 cm³/mol. The third-order valence-corrected chi connectivity index (χ3v) is 10.8. The van der Waals surface area contributed by atoms with E-state index in [0.717, 1.165) is 47.3 Å². The quantitative estimate of drug-likeness (QED) is 0.109. The molecule has 4 aromatic rings. The highest BCUT2D eigenvalue weighted by molar-refractivity contribution is 14.2. The first-order valence-electron chi connectivity index (χ1n) is 15.7. The van der Waals surface area contributed by atoms with Gasteiger partial charge in [0.05, 0.1) is 6.04 Å². The molecule has 1 heterocycles. The van der Waals surface area contributed by atoms with Gasteiger partial charge in [0, 0.05) is 12.0 Å². The van der Waals surface area contributed by atoms with Gasteiger partial charge in [0.2, 0.25) is 0 Å². The van der Waals surface area contributed by atoms with Crippen LogP contribution in [0, 0.1) is 17.6 Å². The smallest absolute Gasteiger partial charge is 0.252 e. The second kappa shape index (κ2) is 17.5. The molecule has 7 heteroatoms. The normalized spacial score (nSPS) is 15.4. The SMILES string of the molecule is CSCC[C@H](NC(=O)c1ccc(/C=C(/CC2C=CI=CCC2)c2ccc(F)cc2)cc1-c1ccc(F)cc1)C(=O)Cc1ccccc1. The van der Waals surface area contributed by atoms with Crippen LogP contribution in [-0.4, -0.2) is 33.8 Å². The highest BCUT2D eigenvalue weighted by Gasteiger charge is 2.23. The van der Waals surface area contributed by atoms with E-state index in [9.17, 15) is 18.4 Å². The van der Waals surface area contributed by atoms with Crippen molar-refractivity contribution in [2.45, 2.75) is 38.1 Å². The first kappa shape index (κ1) is 34.6.